The van der Waals surface area contributed by atoms with Crippen molar-refractivity contribution in [1.82, 2.24) is 5.32 Å². The molecule has 0 saturated heterocycles. The zero-order valence-corrected chi connectivity index (χ0v) is 10.8. The van der Waals surface area contributed by atoms with Crippen molar-refractivity contribution in [2.24, 2.45) is 0 Å². The molecule has 1 aromatic rings. The number of hydrogen-bond donors (Lipinski definition) is 4. The topological polar surface area (TPSA) is 72.7 Å². The number of nitrogens with one attached hydrogen (secondary N) is 1. The Morgan fingerprint density at radius 3 is 2.72 bits per heavy atom. The van der Waals surface area contributed by atoms with Crippen molar-refractivity contribution in [2.45, 2.75) is 51.5 Å². The summed E-state index contributed by atoms with van der Waals surface area (Å²) in [5.74, 6) is 0.110. The first-order chi connectivity index (χ1) is 8.54. The Hall–Kier alpha value is -1.10. The highest BCUT2D eigenvalue weighted by Gasteiger charge is 2.30. The fourth-order valence-corrected chi connectivity index (χ4v) is 2.72. The van der Waals surface area contributed by atoms with Gasteiger partial charge < -0.3 is 20.6 Å². The van der Waals surface area contributed by atoms with E-state index in [4.69, 9.17) is 0 Å². The molecule has 0 saturated carbocycles. The quantitative estimate of drug-likeness (QED) is 0.652. The fourth-order valence-electron chi connectivity index (χ4n) is 2.72. The first-order valence-corrected chi connectivity index (χ1v) is 6.43. The number of aromatic hydroxyl groups is 1. The van der Waals surface area contributed by atoms with Gasteiger partial charge in [-0.05, 0) is 30.0 Å². The summed E-state index contributed by atoms with van der Waals surface area (Å²) in [6.07, 6.45) is 0.992. The molecule has 0 aromatic heterocycles. The van der Waals surface area contributed by atoms with Crippen LogP contribution in [-0.4, -0.2) is 27.4 Å². The van der Waals surface area contributed by atoms with E-state index in [0.717, 1.165) is 24.0 Å². The van der Waals surface area contributed by atoms with E-state index in [9.17, 15) is 15.3 Å². The maximum absolute atomic E-state index is 10.4. The molecule has 4 nitrogen and oxygen atoms in total. The number of aliphatic hydroxyl groups is 2. The first kappa shape index (κ1) is 13.3. The minimum Gasteiger partial charge on any atom is -0.508 e. The lowest BCUT2D eigenvalue weighted by Crippen LogP contribution is -2.42. The third-order valence-electron chi connectivity index (χ3n) is 3.55. The van der Waals surface area contributed by atoms with Crippen molar-refractivity contribution in [2.75, 3.05) is 0 Å². The molecule has 2 rings (SSSR count). The van der Waals surface area contributed by atoms with Crippen molar-refractivity contribution in [3.05, 3.63) is 28.8 Å². The van der Waals surface area contributed by atoms with E-state index >= 15 is 0 Å². The van der Waals surface area contributed by atoms with Crippen LogP contribution < -0.4 is 5.32 Å². The van der Waals surface area contributed by atoms with E-state index in [0.29, 0.717) is 11.6 Å². The van der Waals surface area contributed by atoms with E-state index in [1.54, 1.807) is 12.1 Å². The van der Waals surface area contributed by atoms with Crippen molar-refractivity contribution in [3.8, 4) is 5.75 Å². The van der Waals surface area contributed by atoms with Crippen LogP contribution in [0.5, 0.6) is 5.75 Å². The van der Waals surface area contributed by atoms with Crippen LogP contribution in [-0.2, 0) is 13.0 Å². The van der Waals surface area contributed by atoms with Gasteiger partial charge in [-0.15, -0.1) is 0 Å². The summed E-state index contributed by atoms with van der Waals surface area (Å²) in [6, 6.07) is 3.66. The second kappa shape index (κ2) is 5.26. The average Bonchev–Trinajstić information content (AvgIpc) is 2.32. The van der Waals surface area contributed by atoms with Crippen LogP contribution in [0.15, 0.2) is 12.1 Å². The molecule has 0 unspecified atom stereocenters. The highest BCUT2D eigenvalue weighted by atomic mass is 16.3. The number of fused-ring (bicyclic) bond motifs is 1. The normalized spacial score (nSPS) is 23.2. The zero-order valence-electron chi connectivity index (χ0n) is 10.8. The molecular weight excluding hydrogens is 230 g/mol. The molecule has 0 aliphatic heterocycles. The number of aliphatic hydroxyl groups excluding tert-OH is 2. The first-order valence-electron chi connectivity index (χ1n) is 6.43. The van der Waals surface area contributed by atoms with Gasteiger partial charge in [-0.1, -0.05) is 19.9 Å². The smallest absolute Gasteiger partial charge is 0.121 e. The lowest BCUT2D eigenvalue weighted by molar-refractivity contribution is 0.110. The molecule has 1 aromatic carbocycles. The third-order valence-corrected chi connectivity index (χ3v) is 3.55. The van der Waals surface area contributed by atoms with Crippen LogP contribution >= 0.6 is 0 Å². The number of benzene rings is 1. The van der Waals surface area contributed by atoms with Gasteiger partial charge in [0.1, 0.15) is 5.75 Å². The lowest BCUT2D eigenvalue weighted by Gasteiger charge is -2.33. The van der Waals surface area contributed by atoms with Gasteiger partial charge in [0.25, 0.3) is 0 Å². The molecule has 1 aliphatic carbocycles. The summed E-state index contributed by atoms with van der Waals surface area (Å²) in [5.41, 5.74) is 2.27. The maximum Gasteiger partial charge on any atom is 0.121 e. The molecule has 0 amide bonds. The monoisotopic (exact) mass is 251 g/mol. The lowest BCUT2D eigenvalue weighted by atomic mass is 9.83. The Labute approximate surface area is 107 Å². The van der Waals surface area contributed by atoms with Crippen LogP contribution in [0.4, 0.5) is 0 Å². The molecule has 0 bridgehead atoms. The van der Waals surface area contributed by atoms with Crippen molar-refractivity contribution in [3.63, 3.8) is 0 Å². The van der Waals surface area contributed by atoms with Crippen molar-refractivity contribution >= 4 is 0 Å². The molecule has 0 radical (unpaired) electrons. The Morgan fingerprint density at radius 1 is 1.39 bits per heavy atom. The van der Waals surface area contributed by atoms with Crippen LogP contribution in [0.25, 0.3) is 0 Å². The summed E-state index contributed by atoms with van der Waals surface area (Å²) in [6.45, 7) is 3.92. The van der Waals surface area contributed by atoms with Crippen molar-refractivity contribution in [1.29, 1.82) is 0 Å². The SMILES string of the molecule is CC(C)N[C@H]1CCc2c(ccc(O)c2CO)[C@H]1O. The minimum atomic E-state index is -0.581. The standard InChI is InChI=1S/C14H21NO3/c1-8(2)15-12-5-3-9-10(14(12)18)4-6-13(17)11(9)7-16/h4,6,8,12,14-18H,3,5,7H2,1-2H3/t12-,14+/m0/s1. The molecule has 0 fully saturated rings. The third kappa shape index (κ3) is 2.36. The second-order valence-electron chi connectivity index (χ2n) is 5.20. The summed E-state index contributed by atoms with van der Waals surface area (Å²) in [4.78, 5) is 0. The predicted molar refractivity (Wildman–Crippen MR) is 69.4 cm³/mol. The van der Waals surface area contributed by atoms with Crippen molar-refractivity contribution < 1.29 is 15.3 Å². The largest absolute Gasteiger partial charge is 0.508 e. The zero-order chi connectivity index (χ0) is 13.3. The van der Waals surface area contributed by atoms with Gasteiger partial charge in [-0.2, -0.15) is 0 Å². The van der Waals surface area contributed by atoms with Gasteiger partial charge in [0.15, 0.2) is 0 Å². The Balaban J connectivity index is 2.33. The van der Waals surface area contributed by atoms with Gasteiger partial charge in [0.05, 0.1) is 12.7 Å². The number of hydrogen-bond acceptors (Lipinski definition) is 4. The number of phenols is 1. The van der Waals surface area contributed by atoms with Crippen LogP contribution in [0.1, 0.15) is 43.1 Å². The minimum absolute atomic E-state index is 0.0357. The predicted octanol–water partition coefficient (Wildman–Crippen LogP) is 1.23. The van der Waals surface area contributed by atoms with Gasteiger partial charge in [-0.3, -0.25) is 0 Å². The molecule has 0 heterocycles. The van der Waals surface area contributed by atoms with E-state index in [-0.39, 0.29) is 18.4 Å². The Bertz CT molecular complexity index is 431. The molecule has 18 heavy (non-hydrogen) atoms. The van der Waals surface area contributed by atoms with Gasteiger partial charge in [0.2, 0.25) is 0 Å². The highest BCUT2D eigenvalue weighted by Crippen LogP contribution is 2.35. The molecule has 0 spiro atoms. The molecule has 4 N–H and O–H groups in total. The number of rotatable bonds is 3. The fraction of sp³-hybridized carbons (Fsp3) is 0.571. The van der Waals surface area contributed by atoms with E-state index in [1.807, 2.05) is 0 Å². The van der Waals surface area contributed by atoms with E-state index in [2.05, 4.69) is 19.2 Å². The van der Waals surface area contributed by atoms with Gasteiger partial charge in [-0.25, -0.2) is 0 Å². The summed E-state index contributed by atoms with van der Waals surface area (Å²) in [7, 11) is 0. The van der Waals surface area contributed by atoms with Gasteiger partial charge in [0, 0.05) is 17.6 Å². The maximum atomic E-state index is 10.4. The van der Waals surface area contributed by atoms with Gasteiger partial charge >= 0.3 is 0 Å². The second-order valence-corrected chi connectivity index (χ2v) is 5.20. The van der Waals surface area contributed by atoms with Crippen LogP contribution in [0.2, 0.25) is 0 Å². The molecular formula is C14H21NO3. The summed E-state index contributed by atoms with van der Waals surface area (Å²) in [5, 5.41) is 32.7. The Morgan fingerprint density at radius 2 is 2.11 bits per heavy atom. The molecule has 100 valence electrons. The van der Waals surface area contributed by atoms with E-state index in [1.165, 1.54) is 0 Å². The highest BCUT2D eigenvalue weighted by molar-refractivity contribution is 5.46. The van der Waals surface area contributed by atoms with E-state index < -0.39 is 6.10 Å². The van der Waals surface area contributed by atoms with Crippen LogP contribution in [0, 0.1) is 0 Å². The molecule has 2 atom stereocenters. The van der Waals surface area contributed by atoms with Crippen LogP contribution in [0.3, 0.4) is 0 Å². The summed E-state index contributed by atoms with van der Waals surface area (Å²) < 4.78 is 0. The molecule has 4 heteroatoms. The molecule has 1 aliphatic rings. The Kier molecular flexibility index (Phi) is 3.90. The average molecular weight is 251 g/mol. The summed E-state index contributed by atoms with van der Waals surface area (Å²) >= 11 is 0.